The molecule has 1 unspecified atom stereocenters. The first-order chi connectivity index (χ1) is 8.65. The summed E-state index contributed by atoms with van der Waals surface area (Å²) >= 11 is 0. The number of likely N-dealkylation sites (tertiary alicyclic amines) is 1. The summed E-state index contributed by atoms with van der Waals surface area (Å²) in [4.78, 5) is 24.5. The maximum absolute atomic E-state index is 11.2. The second-order valence-electron chi connectivity index (χ2n) is 4.71. The molecule has 0 radical (unpaired) electrons. The van der Waals surface area contributed by atoms with E-state index in [4.69, 9.17) is 10.5 Å². The van der Waals surface area contributed by atoms with Crippen LogP contribution in [-0.4, -0.2) is 42.5 Å². The van der Waals surface area contributed by atoms with Gasteiger partial charge in [-0.05, 0) is 45.7 Å². The van der Waals surface area contributed by atoms with Gasteiger partial charge in [0.05, 0.1) is 12.6 Å². The van der Waals surface area contributed by atoms with Crippen LogP contribution in [-0.2, 0) is 14.3 Å². The Morgan fingerprint density at radius 1 is 1.33 bits per heavy atom. The number of unbranched alkanes of at least 4 members (excludes halogenated alkanes) is 2. The molecule has 5 nitrogen and oxygen atoms in total. The average Bonchev–Trinajstić information content (AvgIpc) is 2.77. The van der Waals surface area contributed by atoms with Crippen LogP contribution in [0, 0.1) is 0 Å². The van der Waals surface area contributed by atoms with Gasteiger partial charge in [0.2, 0.25) is 5.91 Å². The van der Waals surface area contributed by atoms with Crippen LogP contribution in [0.5, 0.6) is 0 Å². The van der Waals surface area contributed by atoms with Crippen molar-refractivity contribution in [3.05, 3.63) is 0 Å². The van der Waals surface area contributed by atoms with Gasteiger partial charge < -0.3 is 10.5 Å². The Balaban J connectivity index is 2.07. The lowest BCUT2D eigenvalue weighted by atomic mass is 10.1. The number of primary amides is 1. The Labute approximate surface area is 109 Å². The second-order valence-corrected chi connectivity index (χ2v) is 4.71. The lowest BCUT2D eigenvalue weighted by Gasteiger charge is -2.21. The van der Waals surface area contributed by atoms with Crippen molar-refractivity contribution in [3.63, 3.8) is 0 Å². The molecule has 1 amide bonds. The summed E-state index contributed by atoms with van der Waals surface area (Å²) in [5.41, 5.74) is 5.35. The minimum atomic E-state index is -0.209. The molecule has 1 fully saturated rings. The van der Waals surface area contributed by atoms with Gasteiger partial charge in [-0.3, -0.25) is 14.5 Å². The van der Waals surface area contributed by atoms with Gasteiger partial charge in [0.15, 0.2) is 0 Å². The molecule has 1 heterocycles. The van der Waals surface area contributed by atoms with E-state index in [0.717, 1.165) is 45.2 Å². The zero-order valence-electron chi connectivity index (χ0n) is 11.2. The van der Waals surface area contributed by atoms with E-state index in [1.54, 1.807) is 0 Å². The highest BCUT2D eigenvalue weighted by Gasteiger charge is 2.27. The molecule has 1 rings (SSSR count). The van der Waals surface area contributed by atoms with Crippen LogP contribution in [0.25, 0.3) is 0 Å². The minimum absolute atomic E-state index is 0.0740. The molecule has 0 aromatic heterocycles. The average molecular weight is 256 g/mol. The molecule has 104 valence electrons. The number of carbonyl (C=O) groups is 2. The maximum Gasteiger partial charge on any atom is 0.305 e. The Morgan fingerprint density at radius 3 is 2.78 bits per heavy atom. The molecule has 0 aromatic rings. The third-order valence-electron chi connectivity index (χ3n) is 3.32. The molecule has 5 heteroatoms. The van der Waals surface area contributed by atoms with E-state index in [9.17, 15) is 9.59 Å². The van der Waals surface area contributed by atoms with Crippen molar-refractivity contribution in [1.82, 2.24) is 4.90 Å². The molecule has 0 spiro atoms. The number of rotatable bonds is 8. The van der Waals surface area contributed by atoms with E-state index in [1.165, 1.54) is 0 Å². The Kier molecular flexibility index (Phi) is 6.72. The molecule has 1 aliphatic heterocycles. The zero-order chi connectivity index (χ0) is 13.4. The normalized spacial score (nSPS) is 19.9. The zero-order valence-corrected chi connectivity index (χ0v) is 11.2. The smallest absolute Gasteiger partial charge is 0.305 e. The first-order valence-electron chi connectivity index (χ1n) is 6.84. The van der Waals surface area contributed by atoms with Gasteiger partial charge in [-0.15, -0.1) is 0 Å². The van der Waals surface area contributed by atoms with Gasteiger partial charge in [-0.1, -0.05) is 6.42 Å². The van der Waals surface area contributed by atoms with Crippen LogP contribution >= 0.6 is 0 Å². The van der Waals surface area contributed by atoms with Gasteiger partial charge in [0.1, 0.15) is 0 Å². The fraction of sp³-hybridized carbons (Fsp3) is 0.846. The monoisotopic (exact) mass is 256 g/mol. The summed E-state index contributed by atoms with van der Waals surface area (Å²) in [5.74, 6) is -0.326. The Bertz CT molecular complexity index is 281. The molecular weight excluding hydrogens is 232 g/mol. The van der Waals surface area contributed by atoms with Crippen molar-refractivity contribution in [2.75, 3.05) is 19.7 Å². The number of ether oxygens (including phenoxy) is 1. The highest BCUT2D eigenvalue weighted by Crippen LogP contribution is 2.17. The summed E-state index contributed by atoms with van der Waals surface area (Å²) in [7, 11) is 0. The van der Waals surface area contributed by atoms with Gasteiger partial charge in [-0.2, -0.15) is 0 Å². The summed E-state index contributed by atoms with van der Waals surface area (Å²) in [6.07, 6.45) is 5.28. The molecule has 18 heavy (non-hydrogen) atoms. The number of nitrogens with two attached hydrogens (primary N) is 1. The highest BCUT2D eigenvalue weighted by molar-refractivity contribution is 5.80. The van der Waals surface area contributed by atoms with E-state index >= 15 is 0 Å². The van der Waals surface area contributed by atoms with E-state index in [0.29, 0.717) is 13.0 Å². The quantitative estimate of drug-likeness (QED) is 0.520. The van der Waals surface area contributed by atoms with Gasteiger partial charge in [0.25, 0.3) is 0 Å². The van der Waals surface area contributed by atoms with E-state index in [1.807, 2.05) is 6.92 Å². The van der Waals surface area contributed by atoms with Crippen molar-refractivity contribution in [2.24, 2.45) is 5.73 Å². The predicted octanol–water partition coefficient (Wildman–Crippen LogP) is 1.06. The molecule has 0 aliphatic carbocycles. The van der Waals surface area contributed by atoms with E-state index < -0.39 is 0 Å². The number of hydrogen-bond acceptors (Lipinski definition) is 4. The molecule has 0 bridgehead atoms. The number of amides is 1. The number of nitrogens with zero attached hydrogens (tertiary/aromatic N) is 1. The third-order valence-corrected chi connectivity index (χ3v) is 3.32. The fourth-order valence-corrected chi connectivity index (χ4v) is 2.41. The predicted molar refractivity (Wildman–Crippen MR) is 68.9 cm³/mol. The fourth-order valence-electron chi connectivity index (χ4n) is 2.41. The number of esters is 1. The van der Waals surface area contributed by atoms with Crippen LogP contribution in [0.3, 0.4) is 0 Å². The van der Waals surface area contributed by atoms with Crippen molar-refractivity contribution in [1.29, 1.82) is 0 Å². The molecule has 2 N–H and O–H groups in total. The van der Waals surface area contributed by atoms with Gasteiger partial charge >= 0.3 is 5.97 Å². The van der Waals surface area contributed by atoms with Crippen molar-refractivity contribution in [2.45, 2.75) is 51.5 Å². The minimum Gasteiger partial charge on any atom is -0.466 e. The van der Waals surface area contributed by atoms with Crippen molar-refractivity contribution >= 4 is 11.9 Å². The lowest BCUT2D eigenvalue weighted by Crippen LogP contribution is -2.40. The van der Waals surface area contributed by atoms with E-state index in [-0.39, 0.29) is 17.9 Å². The number of carbonyl (C=O) groups excluding carboxylic acids is 2. The molecule has 1 atom stereocenters. The molecule has 0 saturated carbocycles. The van der Waals surface area contributed by atoms with E-state index in [2.05, 4.69) is 4.90 Å². The van der Waals surface area contributed by atoms with Crippen molar-refractivity contribution in [3.8, 4) is 0 Å². The first-order valence-corrected chi connectivity index (χ1v) is 6.84. The largest absolute Gasteiger partial charge is 0.466 e. The standard InChI is InChI=1S/C13H24N2O3/c1-2-18-12(16)8-4-3-5-9-15-10-6-7-11(15)13(14)17/h11H,2-10H2,1H3,(H2,14,17). The molecule has 0 aromatic carbocycles. The van der Waals surface area contributed by atoms with Crippen LogP contribution in [0.15, 0.2) is 0 Å². The molecule has 1 aliphatic rings. The summed E-state index contributed by atoms with van der Waals surface area (Å²) in [6, 6.07) is -0.0740. The van der Waals surface area contributed by atoms with Crippen LogP contribution < -0.4 is 5.73 Å². The summed E-state index contributed by atoms with van der Waals surface area (Å²) < 4.78 is 4.86. The molecular formula is C13H24N2O3. The SMILES string of the molecule is CCOC(=O)CCCCCN1CCCC1C(N)=O. The van der Waals surface area contributed by atoms with Gasteiger partial charge in [-0.25, -0.2) is 0 Å². The number of hydrogen-bond donors (Lipinski definition) is 1. The molecule has 1 saturated heterocycles. The van der Waals surface area contributed by atoms with Crippen LogP contribution in [0.2, 0.25) is 0 Å². The Morgan fingerprint density at radius 2 is 2.11 bits per heavy atom. The lowest BCUT2D eigenvalue weighted by molar-refractivity contribution is -0.143. The Hall–Kier alpha value is -1.10. The van der Waals surface area contributed by atoms with Crippen molar-refractivity contribution < 1.29 is 14.3 Å². The highest BCUT2D eigenvalue weighted by atomic mass is 16.5. The van der Waals surface area contributed by atoms with Gasteiger partial charge in [0, 0.05) is 6.42 Å². The summed E-state index contributed by atoms with van der Waals surface area (Å²) in [6.45, 7) is 4.13. The van der Waals surface area contributed by atoms with Crippen LogP contribution in [0.1, 0.15) is 45.4 Å². The third kappa shape index (κ3) is 5.04. The summed E-state index contributed by atoms with van der Waals surface area (Å²) in [5, 5.41) is 0. The second kappa shape index (κ2) is 8.08. The first kappa shape index (κ1) is 15.0. The van der Waals surface area contributed by atoms with Crippen LogP contribution in [0.4, 0.5) is 0 Å². The maximum atomic E-state index is 11.2. The topological polar surface area (TPSA) is 72.6 Å².